The fourth-order valence-electron chi connectivity index (χ4n) is 2.35. The van der Waals surface area contributed by atoms with Crippen LogP contribution in [0, 0.1) is 0 Å². The normalized spacial score (nSPS) is 18.0. The Morgan fingerprint density at radius 2 is 1.95 bits per heavy atom. The SMILES string of the molecule is O=C1N=C2C=CC=CN2/C1=C/c1ccc(-n2cncn2)cc1. The second kappa shape index (κ2) is 4.92. The molecule has 106 valence electrons. The third-order valence-corrected chi connectivity index (χ3v) is 3.41. The fraction of sp³-hybridized carbons (Fsp3) is 0. The van der Waals surface area contributed by atoms with E-state index in [4.69, 9.17) is 0 Å². The molecule has 0 saturated heterocycles. The third-order valence-electron chi connectivity index (χ3n) is 3.41. The lowest BCUT2D eigenvalue weighted by Crippen LogP contribution is -2.20. The molecule has 0 unspecified atom stereocenters. The van der Waals surface area contributed by atoms with Crippen LogP contribution in [0.4, 0.5) is 0 Å². The maximum atomic E-state index is 12.0. The third kappa shape index (κ3) is 2.07. The monoisotopic (exact) mass is 289 g/mol. The molecule has 0 fully saturated rings. The summed E-state index contributed by atoms with van der Waals surface area (Å²) in [6, 6.07) is 7.71. The highest BCUT2D eigenvalue weighted by atomic mass is 16.2. The van der Waals surface area contributed by atoms with Gasteiger partial charge in [-0.2, -0.15) is 10.1 Å². The fourth-order valence-corrected chi connectivity index (χ4v) is 2.35. The van der Waals surface area contributed by atoms with Gasteiger partial charge >= 0.3 is 0 Å². The van der Waals surface area contributed by atoms with E-state index in [2.05, 4.69) is 15.1 Å². The first-order valence-corrected chi connectivity index (χ1v) is 6.75. The topological polar surface area (TPSA) is 63.4 Å². The van der Waals surface area contributed by atoms with Crippen LogP contribution >= 0.6 is 0 Å². The van der Waals surface area contributed by atoms with E-state index in [1.165, 1.54) is 6.33 Å². The van der Waals surface area contributed by atoms with Crippen molar-refractivity contribution in [2.75, 3.05) is 0 Å². The first-order valence-electron chi connectivity index (χ1n) is 6.75. The lowest BCUT2D eigenvalue weighted by Gasteiger charge is -2.16. The number of aliphatic imine (C=N–C) groups is 1. The molecule has 0 spiro atoms. The van der Waals surface area contributed by atoms with Crippen molar-refractivity contribution < 1.29 is 4.79 Å². The zero-order valence-corrected chi connectivity index (χ0v) is 11.5. The summed E-state index contributed by atoms with van der Waals surface area (Å²) >= 11 is 0. The van der Waals surface area contributed by atoms with E-state index >= 15 is 0 Å². The van der Waals surface area contributed by atoms with Gasteiger partial charge in [-0.25, -0.2) is 9.67 Å². The van der Waals surface area contributed by atoms with Crippen LogP contribution in [0.15, 0.2) is 72.0 Å². The van der Waals surface area contributed by atoms with Gasteiger partial charge in [0.1, 0.15) is 24.2 Å². The molecule has 0 radical (unpaired) electrons. The average Bonchev–Trinajstić information content (AvgIpc) is 3.17. The van der Waals surface area contributed by atoms with Crippen molar-refractivity contribution in [2.24, 2.45) is 4.99 Å². The van der Waals surface area contributed by atoms with Crippen LogP contribution in [0.3, 0.4) is 0 Å². The molecule has 0 atom stereocenters. The predicted molar refractivity (Wildman–Crippen MR) is 81.9 cm³/mol. The summed E-state index contributed by atoms with van der Waals surface area (Å²) in [5.41, 5.74) is 2.38. The van der Waals surface area contributed by atoms with E-state index in [0.717, 1.165) is 11.3 Å². The summed E-state index contributed by atoms with van der Waals surface area (Å²) in [5.74, 6) is 0.421. The summed E-state index contributed by atoms with van der Waals surface area (Å²) in [6.07, 6.45) is 12.3. The Labute approximate surface area is 126 Å². The number of amides is 1. The Bertz CT molecular complexity index is 841. The number of amidine groups is 1. The number of fused-ring (bicyclic) bond motifs is 1. The minimum absolute atomic E-state index is 0.230. The number of hydrogen-bond donors (Lipinski definition) is 0. The predicted octanol–water partition coefficient (Wildman–Crippen LogP) is 1.93. The van der Waals surface area contributed by atoms with Gasteiger partial charge in [0.05, 0.1) is 5.69 Å². The number of benzene rings is 1. The highest BCUT2D eigenvalue weighted by molar-refractivity contribution is 6.17. The zero-order chi connectivity index (χ0) is 14.9. The van der Waals surface area contributed by atoms with Gasteiger partial charge in [0.25, 0.3) is 5.91 Å². The van der Waals surface area contributed by atoms with Crippen molar-refractivity contribution >= 4 is 17.8 Å². The van der Waals surface area contributed by atoms with Crippen LogP contribution in [0.5, 0.6) is 0 Å². The highest BCUT2D eigenvalue weighted by Crippen LogP contribution is 2.22. The molecule has 0 bridgehead atoms. The van der Waals surface area contributed by atoms with E-state index in [1.54, 1.807) is 15.9 Å². The maximum Gasteiger partial charge on any atom is 0.295 e. The Hall–Kier alpha value is -3.28. The molecule has 2 aromatic rings. The number of allylic oxidation sites excluding steroid dienone is 2. The molecule has 2 aliphatic heterocycles. The van der Waals surface area contributed by atoms with E-state index in [-0.39, 0.29) is 5.91 Å². The number of rotatable bonds is 2. The van der Waals surface area contributed by atoms with Crippen LogP contribution in [0.1, 0.15) is 5.56 Å². The van der Waals surface area contributed by atoms with Crippen LogP contribution in [-0.2, 0) is 4.79 Å². The van der Waals surface area contributed by atoms with Gasteiger partial charge < -0.3 is 0 Å². The Kier molecular flexibility index (Phi) is 2.79. The molecule has 4 rings (SSSR count). The minimum atomic E-state index is -0.230. The van der Waals surface area contributed by atoms with Crippen LogP contribution in [0.25, 0.3) is 11.8 Å². The molecule has 0 N–H and O–H groups in total. The average molecular weight is 289 g/mol. The highest BCUT2D eigenvalue weighted by Gasteiger charge is 2.27. The maximum absolute atomic E-state index is 12.0. The summed E-state index contributed by atoms with van der Waals surface area (Å²) in [5, 5.41) is 4.08. The molecular formula is C16H11N5O. The van der Waals surface area contributed by atoms with Gasteiger partial charge in [0.15, 0.2) is 0 Å². The van der Waals surface area contributed by atoms with Crippen LogP contribution in [-0.4, -0.2) is 31.4 Å². The number of nitrogens with zero attached hydrogens (tertiary/aromatic N) is 5. The van der Waals surface area contributed by atoms with Gasteiger partial charge in [-0.15, -0.1) is 0 Å². The van der Waals surface area contributed by atoms with E-state index in [0.29, 0.717) is 11.5 Å². The Morgan fingerprint density at radius 1 is 1.09 bits per heavy atom. The van der Waals surface area contributed by atoms with Crippen LogP contribution in [0.2, 0.25) is 0 Å². The molecule has 0 saturated carbocycles. The molecule has 1 amide bonds. The smallest absolute Gasteiger partial charge is 0.295 e. The molecule has 6 heteroatoms. The number of aromatic nitrogens is 3. The van der Waals surface area contributed by atoms with Crippen molar-refractivity contribution in [2.45, 2.75) is 0 Å². The standard InChI is InChI=1S/C16H11N5O/c22-16-14(20-8-2-1-3-15(20)19-16)9-12-4-6-13(7-5-12)21-11-17-10-18-21/h1-11H/b14-9+. The number of carbonyl (C=O) groups is 1. The quantitative estimate of drug-likeness (QED) is 0.792. The second-order valence-corrected chi connectivity index (χ2v) is 4.81. The summed E-state index contributed by atoms with van der Waals surface area (Å²) in [7, 11) is 0. The Morgan fingerprint density at radius 3 is 2.73 bits per heavy atom. The second-order valence-electron chi connectivity index (χ2n) is 4.81. The summed E-state index contributed by atoms with van der Waals surface area (Å²) < 4.78 is 1.68. The first-order chi connectivity index (χ1) is 10.8. The lowest BCUT2D eigenvalue weighted by molar-refractivity contribution is -0.114. The molecule has 3 heterocycles. The molecule has 6 nitrogen and oxygen atoms in total. The largest absolute Gasteiger partial charge is 0.297 e. The Balaban J connectivity index is 1.65. The van der Waals surface area contributed by atoms with Crippen molar-refractivity contribution in [3.8, 4) is 5.69 Å². The van der Waals surface area contributed by atoms with Crippen molar-refractivity contribution in [1.82, 2.24) is 19.7 Å². The molecular weight excluding hydrogens is 278 g/mol. The van der Waals surface area contributed by atoms with E-state index in [9.17, 15) is 4.79 Å². The van der Waals surface area contributed by atoms with E-state index < -0.39 is 0 Å². The zero-order valence-electron chi connectivity index (χ0n) is 11.5. The van der Waals surface area contributed by atoms with Crippen molar-refractivity contribution in [1.29, 1.82) is 0 Å². The minimum Gasteiger partial charge on any atom is -0.297 e. The van der Waals surface area contributed by atoms with Crippen LogP contribution < -0.4 is 0 Å². The lowest BCUT2D eigenvalue weighted by atomic mass is 10.1. The first kappa shape index (κ1) is 12.5. The van der Waals surface area contributed by atoms with Gasteiger partial charge in [0, 0.05) is 6.20 Å². The van der Waals surface area contributed by atoms with Gasteiger partial charge in [-0.1, -0.05) is 18.2 Å². The molecule has 2 aliphatic rings. The van der Waals surface area contributed by atoms with Gasteiger partial charge in [0.2, 0.25) is 0 Å². The summed E-state index contributed by atoms with van der Waals surface area (Å²) in [6.45, 7) is 0. The van der Waals surface area contributed by atoms with Crippen molar-refractivity contribution in [3.05, 3.63) is 72.6 Å². The molecule has 1 aromatic carbocycles. The van der Waals surface area contributed by atoms with Gasteiger partial charge in [-0.3, -0.25) is 9.69 Å². The number of carbonyl (C=O) groups excluding carboxylic acids is 1. The van der Waals surface area contributed by atoms with Crippen molar-refractivity contribution in [3.63, 3.8) is 0 Å². The van der Waals surface area contributed by atoms with Gasteiger partial charge in [-0.05, 0) is 35.9 Å². The van der Waals surface area contributed by atoms with E-state index in [1.807, 2.05) is 54.8 Å². The molecule has 0 aliphatic carbocycles. The number of hydrogen-bond acceptors (Lipinski definition) is 4. The molecule has 22 heavy (non-hydrogen) atoms. The summed E-state index contributed by atoms with van der Waals surface area (Å²) in [4.78, 5) is 21.7. The molecule has 1 aromatic heterocycles.